The second kappa shape index (κ2) is 7.40. The van der Waals surface area contributed by atoms with Crippen LogP contribution in [0.3, 0.4) is 0 Å². The molecule has 1 aliphatic heterocycles. The maximum absolute atomic E-state index is 12.9. The number of hydrogen-bond donors (Lipinski definition) is 1. The third kappa shape index (κ3) is 4.29. The molecule has 126 valence electrons. The van der Waals surface area contributed by atoms with Crippen molar-refractivity contribution in [3.05, 3.63) is 59.7 Å². The standard InChI is InChI=1S/C18H21FN4O/c19-17-3-1-14(2-4-17)12-23-13-16(11-21-23)15-5-8-22(9-6-15)10-7-18(20)24/h1-5,11,13H,6-10,12H2,(H2,20,24). The van der Waals surface area contributed by atoms with Crippen molar-refractivity contribution in [2.75, 3.05) is 19.6 Å². The smallest absolute Gasteiger partial charge is 0.218 e. The van der Waals surface area contributed by atoms with Crippen LogP contribution in [0.5, 0.6) is 0 Å². The van der Waals surface area contributed by atoms with Gasteiger partial charge in [-0.25, -0.2) is 4.39 Å². The lowest BCUT2D eigenvalue weighted by atomic mass is 10.0. The van der Waals surface area contributed by atoms with Crippen molar-refractivity contribution in [1.82, 2.24) is 14.7 Å². The number of rotatable bonds is 6. The average Bonchev–Trinajstić information content (AvgIpc) is 3.04. The molecule has 1 amide bonds. The maximum Gasteiger partial charge on any atom is 0.218 e. The first kappa shape index (κ1) is 16.4. The van der Waals surface area contributed by atoms with Crippen molar-refractivity contribution in [3.8, 4) is 0 Å². The highest BCUT2D eigenvalue weighted by atomic mass is 19.1. The van der Waals surface area contributed by atoms with Gasteiger partial charge >= 0.3 is 0 Å². The monoisotopic (exact) mass is 328 g/mol. The van der Waals surface area contributed by atoms with E-state index < -0.39 is 0 Å². The fourth-order valence-corrected chi connectivity index (χ4v) is 2.84. The number of amides is 1. The number of benzene rings is 1. The van der Waals surface area contributed by atoms with E-state index in [9.17, 15) is 9.18 Å². The summed E-state index contributed by atoms with van der Waals surface area (Å²) in [4.78, 5) is 13.1. The Morgan fingerprint density at radius 2 is 2.08 bits per heavy atom. The van der Waals surface area contributed by atoms with Crippen LogP contribution in [0.15, 0.2) is 42.7 Å². The summed E-state index contributed by atoms with van der Waals surface area (Å²) in [5, 5.41) is 4.39. The summed E-state index contributed by atoms with van der Waals surface area (Å²) in [5.41, 5.74) is 8.60. The van der Waals surface area contributed by atoms with Crippen LogP contribution in [0.25, 0.3) is 5.57 Å². The summed E-state index contributed by atoms with van der Waals surface area (Å²) < 4.78 is 14.8. The van der Waals surface area contributed by atoms with Crippen molar-refractivity contribution in [3.63, 3.8) is 0 Å². The van der Waals surface area contributed by atoms with E-state index in [4.69, 9.17) is 5.73 Å². The van der Waals surface area contributed by atoms with Crippen molar-refractivity contribution >= 4 is 11.5 Å². The van der Waals surface area contributed by atoms with Crippen molar-refractivity contribution in [2.24, 2.45) is 5.73 Å². The number of carbonyl (C=O) groups excluding carboxylic acids is 1. The number of carbonyl (C=O) groups is 1. The third-order valence-corrected chi connectivity index (χ3v) is 4.23. The molecule has 5 nitrogen and oxygen atoms in total. The minimum absolute atomic E-state index is 0.229. The Morgan fingerprint density at radius 1 is 1.29 bits per heavy atom. The average molecular weight is 328 g/mol. The van der Waals surface area contributed by atoms with Crippen molar-refractivity contribution < 1.29 is 9.18 Å². The zero-order chi connectivity index (χ0) is 16.9. The van der Waals surface area contributed by atoms with E-state index in [0.29, 0.717) is 19.5 Å². The van der Waals surface area contributed by atoms with Crippen LogP contribution in [-0.2, 0) is 11.3 Å². The normalized spacial score (nSPS) is 15.3. The highest BCUT2D eigenvalue weighted by Crippen LogP contribution is 2.22. The molecule has 24 heavy (non-hydrogen) atoms. The molecule has 0 fully saturated rings. The highest BCUT2D eigenvalue weighted by Gasteiger charge is 2.14. The van der Waals surface area contributed by atoms with Gasteiger partial charge in [-0.1, -0.05) is 18.2 Å². The Kier molecular flexibility index (Phi) is 5.05. The van der Waals surface area contributed by atoms with Gasteiger partial charge in [-0.3, -0.25) is 14.4 Å². The molecule has 1 aromatic carbocycles. The molecule has 0 bridgehead atoms. The molecule has 1 aromatic heterocycles. The Bertz CT molecular complexity index is 736. The quantitative estimate of drug-likeness (QED) is 0.882. The highest BCUT2D eigenvalue weighted by molar-refractivity contribution is 5.74. The molecule has 6 heteroatoms. The van der Waals surface area contributed by atoms with E-state index in [1.165, 1.54) is 17.7 Å². The largest absolute Gasteiger partial charge is 0.370 e. The van der Waals surface area contributed by atoms with Gasteiger partial charge < -0.3 is 5.73 Å². The number of aromatic nitrogens is 2. The molecule has 0 saturated carbocycles. The fourth-order valence-electron chi connectivity index (χ4n) is 2.84. The molecule has 2 N–H and O–H groups in total. The molecule has 3 rings (SSSR count). The Labute approximate surface area is 140 Å². The number of halogens is 1. The van der Waals surface area contributed by atoms with Gasteiger partial charge in [-0.2, -0.15) is 5.10 Å². The molecule has 0 atom stereocenters. The Morgan fingerprint density at radius 3 is 2.75 bits per heavy atom. The van der Waals surface area contributed by atoms with Crippen molar-refractivity contribution in [1.29, 1.82) is 0 Å². The predicted octanol–water partition coefficient (Wildman–Crippen LogP) is 2.03. The van der Waals surface area contributed by atoms with Crippen LogP contribution < -0.4 is 5.73 Å². The molecule has 0 radical (unpaired) electrons. The van der Waals surface area contributed by atoms with Crippen LogP contribution in [0.4, 0.5) is 4.39 Å². The second-order valence-electron chi connectivity index (χ2n) is 6.05. The van der Waals surface area contributed by atoms with E-state index in [1.54, 1.807) is 12.1 Å². The van der Waals surface area contributed by atoms with E-state index in [1.807, 2.05) is 17.1 Å². The molecule has 0 spiro atoms. The van der Waals surface area contributed by atoms with E-state index in [2.05, 4.69) is 16.1 Å². The molecule has 1 aliphatic rings. The van der Waals surface area contributed by atoms with Gasteiger partial charge in [0, 0.05) is 37.8 Å². The lowest BCUT2D eigenvalue weighted by Crippen LogP contribution is -2.31. The molecule has 2 heterocycles. The third-order valence-electron chi connectivity index (χ3n) is 4.23. The van der Waals surface area contributed by atoms with Gasteiger partial charge in [0.2, 0.25) is 5.91 Å². The maximum atomic E-state index is 12.9. The first-order valence-electron chi connectivity index (χ1n) is 8.07. The van der Waals surface area contributed by atoms with E-state index in [0.717, 1.165) is 30.6 Å². The number of hydrogen-bond acceptors (Lipinski definition) is 3. The Balaban J connectivity index is 1.59. The molecule has 0 aliphatic carbocycles. The zero-order valence-corrected chi connectivity index (χ0v) is 13.5. The summed E-state index contributed by atoms with van der Waals surface area (Å²) >= 11 is 0. The Hall–Kier alpha value is -2.47. The van der Waals surface area contributed by atoms with Gasteiger partial charge in [0.15, 0.2) is 0 Å². The predicted molar refractivity (Wildman–Crippen MR) is 90.6 cm³/mol. The topological polar surface area (TPSA) is 64.2 Å². The van der Waals surface area contributed by atoms with Gasteiger partial charge in [0.25, 0.3) is 0 Å². The first-order chi connectivity index (χ1) is 11.6. The van der Waals surface area contributed by atoms with Crippen molar-refractivity contribution in [2.45, 2.75) is 19.4 Å². The summed E-state index contributed by atoms with van der Waals surface area (Å²) in [6.45, 7) is 3.08. The summed E-state index contributed by atoms with van der Waals surface area (Å²) in [6.07, 6.45) is 7.41. The van der Waals surface area contributed by atoms with Gasteiger partial charge in [0.05, 0.1) is 12.7 Å². The molecular formula is C18H21FN4O. The van der Waals surface area contributed by atoms with Gasteiger partial charge in [-0.05, 0) is 29.7 Å². The minimum atomic E-state index is -0.258. The van der Waals surface area contributed by atoms with Crippen LogP contribution in [0, 0.1) is 5.82 Å². The molecule has 0 unspecified atom stereocenters. The summed E-state index contributed by atoms with van der Waals surface area (Å²) in [7, 11) is 0. The van der Waals surface area contributed by atoms with Crippen LogP contribution in [-0.4, -0.2) is 40.2 Å². The first-order valence-corrected chi connectivity index (χ1v) is 8.07. The van der Waals surface area contributed by atoms with Crippen LogP contribution in [0.2, 0.25) is 0 Å². The molecule has 0 saturated heterocycles. The SMILES string of the molecule is NC(=O)CCN1CC=C(c2cnn(Cc3ccc(F)cc3)c2)CC1. The molecular weight excluding hydrogens is 307 g/mol. The lowest BCUT2D eigenvalue weighted by Gasteiger charge is -2.25. The lowest BCUT2D eigenvalue weighted by molar-refractivity contribution is -0.118. The zero-order valence-electron chi connectivity index (χ0n) is 13.5. The summed E-state index contributed by atoms with van der Waals surface area (Å²) in [6, 6.07) is 6.47. The fraction of sp³-hybridized carbons (Fsp3) is 0.333. The number of nitrogens with zero attached hydrogens (tertiary/aromatic N) is 3. The van der Waals surface area contributed by atoms with Crippen LogP contribution >= 0.6 is 0 Å². The van der Waals surface area contributed by atoms with E-state index in [-0.39, 0.29) is 11.7 Å². The van der Waals surface area contributed by atoms with Gasteiger partial charge in [-0.15, -0.1) is 0 Å². The number of nitrogens with two attached hydrogens (primary N) is 1. The van der Waals surface area contributed by atoms with Gasteiger partial charge in [0.1, 0.15) is 5.82 Å². The number of primary amides is 1. The summed E-state index contributed by atoms with van der Waals surface area (Å²) in [5.74, 6) is -0.486. The minimum Gasteiger partial charge on any atom is -0.370 e. The second-order valence-corrected chi connectivity index (χ2v) is 6.05. The molecule has 2 aromatic rings. The van der Waals surface area contributed by atoms with E-state index >= 15 is 0 Å². The van der Waals surface area contributed by atoms with Crippen LogP contribution in [0.1, 0.15) is 24.0 Å².